The van der Waals surface area contributed by atoms with Gasteiger partial charge >= 0.3 is 0 Å². The van der Waals surface area contributed by atoms with Gasteiger partial charge in [0.2, 0.25) is 10.0 Å². The molecule has 3 nitrogen and oxygen atoms in total. The SMILES string of the molecule is Cc1ccc(Sc2ccc(S(=O)(=O)NC3CCCC3)cc2)cc1C. The summed E-state index contributed by atoms with van der Waals surface area (Å²) >= 11 is 1.65. The van der Waals surface area contributed by atoms with Crippen LogP contribution in [0.2, 0.25) is 0 Å². The third kappa shape index (κ3) is 4.21. The van der Waals surface area contributed by atoms with Crippen molar-refractivity contribution < 1.29 is 8.42 Å². The maximum absolute atomic E-state index is 12.4. The van der Waals surface area contributed by atoms with Crippen molar-refractivity contribution >= 4 is 21.8 Å². The van der Waals surface area contributed by atoms with Crippen molar-refractivity contribution in [2.45, 2.75) is 60.3 Å². The van der Waals surface area contributed by atoms with Gasteiger partial charge in [-0.25, -0.2) is 13.1 Å². The summed E-state index contributed by atoms with van der Waals surface area (Å²) in [6, 6.07) is 13.6. The Hall–Kier alpha value is -1.30. The molecule has 0 spiro atoms. The van der Waals surface area contributed by atoms with E-state index in [2.05, 4.69) is 36.8 Å². The molecular weight excluding hydrogens is 338 g/mol. The number of nitrogens with one attached hydrogen (secondary N) is 1. The van der Waals surface area contributed by atoms with Gasteiger partial charge in [-0.2, -0.15) is 0 Å². The van der Waals surface area contributed by atoms with Crippen LogP contribution in [-0.2, 0) is 10.0 Å². The first-order valence-electron chi connectivity index (χ1n) is 8.31. The molecule has 2 aromatic carbocycles. The Balaban J connectivity index is 1.71. The van der Waals surface area contributed by atoms with Gasteiger partial charge in [0.05, 0.1) is 4.90 Å². The van der Waals surface area contributed by atoms with Gasteiger partial charge < -0.3 is 0 Å². The van der Waals surface area contributed by atoms with Crippen LogP contribution in [0.1, 0.15) is 36.8 Å². The monoisotopic (exact) mass is 361 g/mol. The zero-order valence-electron chi connectivity index (χ0n) is 14.1. The number of benzene rings is 2. The lowest BCUT2D eigenvalue weighted by Gasteiger charge is -2.13. The van der Waals surface area contributed by atoms with Crippen LogP contribution >= 0.6 is 11.8 Å². The van der Waals surface area contributed by atoms with Crippen molar-refractivity contribution in [3.8, 4) is 0 Å². The van der Waals surface area contributed by atoms with Gasteiger partial charge in [0.25, 0.3) is 0 Å². The number of sulfonamides is 1. The third-order valence-corrected chi connectivity index (χ3v) is 7.06. The maximum atomic E-state index is 12.4. The molecule has 1 N–H and O–H groups in total. The van der Waals surface area contributed by atoms with Crippen LogP contribution in [0.5, 0.6) is 0 Å². The highest BCUT2D eigenvalue weighted by molar-refractivity contribution is 7.99. The van der Waals surface area contributed by atoms with E-state index >= 15 is 0 Å². The third-order valence-electron chi connectivity index (χ3n) is 4.53. The Morgan fingerprint density at radius 1 is 0.917 bits per heavy atom. The van der Waals surface area contributed by atoms with Crippen LogP contribution in [0.25, 0.3) is 0 Å². The lowest BCUT2D eigenvalue weighted by molar-refractivity contribution is 0.552. The molecule has 0 amide bonds. The average Bonchev–Trinajstić information content (AvgIpc) is 3.04. The molecule has 1 saturated carbocycles. The fourth-order valence-corrected chi connectivity index (χ4v) is 5.15. The standard InChI is InChI=1S/C19H23NO2S2/c1-14-7-8-18(13-15(14)2)23-17-9-11-19(12-10-17)24(21,22)20-16-5-3-4-6-16/h7-13,16,20H,3-6H2,1-2H3. The minimum Gasteiger partial charge on any atom is -0.208 e. The Bertz CT molecular complexity index is 808. The summed E-state index contributed by atoms with van der Waals surface area (Å²) < 4.78 is 27.7. The van der Waals surface area contributed by atoms with E-state index in [1.165, 1.54) is 11.1 Å². The number of rotatable bonds is 5. The van der Waals surface area contributed by atoms with Crippen molar-refractivity contribution in [1.29, 1.82) is 0 Å². The lowest BCUT2D eigenvalue weighted by atomic mass is 10.1. The fraction of sp³-hybridized carbons (Fsp3) is 0.368. The molecule has 0 unspecified atom stereocenters. The molecule has 0 heterocycles. The summed E-state index contributed by atoms with van der Waals surface area (Å²) in [6.45, 7) is 4.20. The van der Waals surface area contributed by atoms with Crippen LogP contribution in [0.3, 0.4) is 0 Å². The van der Waals surface area contributed by atoms with Crippen LogP contribution in [0.15, 0.2) is 57.2 Å². The van der Waals surface area contributed by atoms with E-state index in [1.807, 2.05) is 12.1 Å². The van der Waals surface area contributed by atoms with E-state index in [9.17, 15) is 8.42 Å². The van der Waals surface area contributed by atoms with Crippen molar-refractivity contribution in [1.82, 2.24) is 4.72 Å². The Labute approximate surface area is 148 Å². The zero-order valence-corrected chi connectivity index (χ0v) is 15.7. The van der Waals surface area contributed by atoms with Gasteiger partial charge in [-0.15, -0.1) is 0 Å². The summed E-state index contributed by atoms with van der Waals surface area (Å²) in [6.07, 6.45) is 4.11. The van der Waals surface area contributed by atoms with Gasteiger partial charge in [0.1, 0.15) is 0 Å². The first-order valence-corrected chi connectivity index (χ1v) is 10.6. The van der Waals surface area contributed by atoms with Crippen LogP contribution in [0.4, 0.5) is 0 Å². The largest absolute Gasteiger partial charge is 0.240 e. The normalized spacial score (nSPS) is 15.8. The molecule has 24 heavy (non-hydrogen) atoms. The second-order valence-electron chi connectivity index (χ2n) is 6.42. The number of hydrogen-bond acceptors (Lipinski definition) is 3. The van der Waals surface area contributed by atoms with E-state index in [1.54, 1.807) is 23.9 Å². The molecule has 0 aromatic heterocycles. The first kappa shape index (κ1) is 17.5. The number of aryl methyl sites for hydroxylation is 2. The van der Waals surface area contributed by atoms with Crippen LogP contribution in [-0.4, -0.2) is 14.5 Å². The predicted molar refractivity (Wildman–Crippen MR) is 99.1 cm³/mol. The van der Waals surface area contributed by atoms with E-state index < -0.39 is 10.0 Å². The highest BCUT2D eigenvalue weighted by Crippen LogP contribution is 2.30. The second kappa shape index (κ2) is 7.30. The molecule has 2 aromatic rings. The molecule has 1 aliphatic rings. The predicted octanol–water partition coefficient (Wildman–Crippen LogP) is 4.68. The minimum absolute atomic E-state index is 0.0968. The van der Waals surface area contributed by atoms with Crippen LogP contribution in [0, 0.1) is 13.8 Å². The Morgan fingerprint density at radius 2 is 1.54 bits per heavy atom. The fourth-order valence-electron chi connectivity index (χ4n) is 2.93. The molecule has 0 atom stereocenters. The molecule has 1 fully saturated rings. The topological polar surface area (TPSA) is 46.2 Å². The Kier molecular flexibility index (Phi) is 5.33. The van der Waals surface area contributed by atoms with Gasteiger partial charge in [-0.05, 0) is 74.2 Å². The molecule has 3 rings (SSSR count). The van der Waals surface area contributed by atoms with Gasteiger partial charge in [-0.1, -0.05) is 30.7 Å². The average molecular weight is 362 g/mol. The zero-order chi connectivity index (χ0) is 17.2. The van der Waals surface area contributed by atoms with E-state index in [0.29, 0.717) is 4.90 Å². The van der Waals surface area contributed by atoms with Crippen LogP contribution < -0.4 is 4.72 Å². The minimum atomic E-state index is -3.40. The molecule has 5 heteroatoms. The molecule has 1 aliphatic carbocycles. The van der Waals surface area contributed by atoms with Gasteiger partial charge in [-0.3, -0.25) is 0 Å². The highest BCUT2D eigenvalue weighted by Gasteiger charge is 2.22. The molecule has 0 radical (unpaired) electrons. The smallest absolute Gasteiger partial charge is 0.208 e. The van der Waals surface area contributed by atoms with Crippen molar-refractivity contribution in [3.05, 3.63) is 53.6 Å². The first-order chi connectivity index (χ1) is 11.4. The molecule has 0 saturated heterocycles. The van der Waals surface area contributed by atoms with Gasteiger partial charge in [0.15, 0.2) is 0 Å². The van der Waals surface area contributed by atoms with E-state index in [-0.39, 0.29) is 6.04 Å². The van der Waals surface area contributed by atoms with Gasteiger partial charge in [0, 0.05) is 15.8 Å². The Morgan fingerprint density at radius 3 is 2.17 bits per heavy atom. The summed E-state index contributed by atoms with van der Waals surface area (Å²) in [4.78, 5) is 2.55. The highest BCUT2D eigenvalue weighted by atomic mass is 32.2. The lowest BCUT2D eigenvalue weighted by Crippen LogP contribution is -2.32. The number of hydrogen-bond donors (Lipinski definition) is 1. The summed E-state index contributed by atoms with van der Waals surface area (Å²) in [5.41, 5.74) is 2.54. The second-order valence-corrected chi connectivity index (χ2v) is 9.28. The summed E-state index contributed by atoms with van der Waals surface area (Å²) in [7, 11) is -3.40. The molecule has 0 bridgehead atoms. The van der Waals surface area contributed by atoms with E-state index in [4.69, 9.17) is 0 Å². The molecule has 128 valence electrons. The van der Waals surface area contributed by atoms with Crippen molar-refractivity contribution in [2.24, 2.45) is 0 Å². The summed E-state index contributed by atoms with van der Waals surface area (Å²) in [5, 5.41) is 0. The van der Waals surface area contributed by atoms with E-state index in [0.717, 1.165) is 35.5 Å². The maximum Gasteiger partial charge on any atom is 0.240 e. The summed E-state index contributed by atoms with van der Waals surface area (Å²) in [5.74, 6) is 0. The van der Waals surface area contributed by atoms with Crippen molar-refractivity contribution in [2.75, 3.05) is 0 Å². The van der Waals surface area contributed by atoms with Crippen molar-refractivity contribution in [3.63, 3.8) is 0 Å². The quantitative estimate of drug-likeness (QED) is 0.841. The molecule has 0 aliphatic heterocycles. The molecular formula is C19H23NO2S2.